The summed E-state index contributed by atoms with van der Waals surface area (Å²) < 4.78 is 7.01. The number of rotatable bonds is 4. The van der Waals surface area contributed by atoms with Crippen molar-refractivity contribution in [1.82, 2.24) is 9.88 Å². The Morgan fingerprint density at radius 3 is 2.59 bits per heavy atom. The number of benzene rings is 3. The third kappa shape index (κ3) is 3.91. The number of aromatic nitrogens is 1. The van der Waals surface area contributed by atoms with E-state index in [0.29, 0.717) is 18.0 Å². The van der Waals surface area contributed by atoms with Crippen LogP contribution in [0.25, 0.3) is 22.2 Å². The molecule has 0 spiro atoms. The third-order valence-electron chi connectivity index (χ3n) is 5.99. The van der Waals surface area contributed by atoms with Crippen LogP contribution in [0.3, 0.4) is 0 Å². The molecule has 1 aromatic heterocycles. The zero-order chi connectivity index (χ0) is 22.2. The van der Waals surface area contributed by atoms with Crippen LogP contribution in [0.2, 0.25) is 0 Å². The van der Waals surface area contributed by atoms with Gasteiger partial charge in [0, 0.05) is 36.4 Å². The molecule has 1 saturated heterocycles. The van der Waals surface area contributed by atoms with Gasteiger partial charge in [-0.05, 0) is 66.4 Å². The predicted octanol–water partition coefficient (Wildman–Crippen LogP) is 6.30. The van der Waals surface area contributed by atoms with Crippen LogP contribution in [0.1, 0.15) is 35.1 Å². The number of oxazole rings is 1. The standard InChI is InChI=1S/C26H24BrN3O2/c1-29(2)21-11-8-17(9-12-21)18-10-13-24-22(16-18)28-25(32-24)23-7-4-14-30(23)26(31)19-5-3-6-20(27)15-19/h3,5-6,8-13,15-16,23H,4,7,14H2,1-2H3/t23-/m0/s1. The lowest BCUT2D eigenvalue weighted by Crippen LogP contribution is -2.30. The molecule has 162 valence electrons. The SMILES string of the molecule is CN(C)c1ccc(-c2ccc3oc([C@@H]4CCCN4C(=O)c4cccc(Br)c4)nc3c2)cc1. The van der Waals surface area contributed by atoms with Crippen LogP contribution in [0.15, 0.2) is 75.6 Å². The maximum absolute atomic E-state index is 13.1. The van der Waals surface area contributed by atoms with Gasteiger partial charge in [0.15, 0.2) is 5.58 Å². The molecule has 0 bridgehead atoms. The maximum atomic E-state index is 13.1. The Hall–Kier alpha value is -3.12. The lowest BCUT2D eigenvalue weighted by Gasteiger charge is -2.22. The van der Waals surface area contributed by atoms with Crippen molar-refractivity contribution in [2.75, 3.05) is 25.5 Å². The second kappa shape index (κ2) is 8.43. The smallest absolute Gasteiger partial charge is 0.254 e. The summed E-state index contributed by atoms with van der Waals surface area (Å²) in [4.78, 5) is 21.9. The molecule has 0 aliphatic carbocycles. The normalized spacial score (nSPS) is 16.0. The topological polar surface area (TPSA) is 49.6 Å². The number of anilines is 1. The second-order valence-electron chi connectivity index (χ2n) is 8.34. The Morgan fingerprint density at radius 1 is 1.06 bits per heavy atom. The Labute approximate surface area is 195 Å². The van der Waals surface area contributed by atoms with E-state index in [-0.39, 0.29) is 11.9 Å². The summed E-state index contributed by atoms with van der Waals surface area (Å²) in [6, 6.07) is 21.9. The van der Waals surface area contributed by atoms with Gasteiger partial charge in [0.05, 0.1) is 0 Å². The molecule has 0 radical (unpaired) electrons. The summed E-state index contributed by atoms with van der Waals surface area (Å²) in [5.41, 5.74) is 5.62. The van der Waals surface area contributed by atoms with Gasteiger partial charge in [0.2, 0.25) is 5.89 Å². The van der Waals surface area contributed by atoms with E-state index in [9.17, 15) is 4.79 Å². The molecule has 0 N–H and O–H groups in total. The van der Waals surface area contributed by atoms with Crippen molar-refractivity contribution in [1.29, 1.82) is 0 Å². The quantitative estimate of drug-likeness (QED) is 0.337. The molecule has 0 unspecified atom stereocenters. The van der Waals surface area contributed by atoms with Crippen molar-refractivity contribution < 1.29 is 9.21 Å². The first-order valence-corrected chi connectivity index (χ1v) is 11.5. The molecular weight excluding hydrogens is 466 g/mol. The van der Waals surface area contributed by atoms with Gasteiger partial charge in [-0.2, -0.15) is 0 Å². The van der Waals surface area contributed by atoms with E-state index in [1.807, 2.05) is 49.3 Å². The van der Waals surface area contributed by atoms with E-state index < -0.39 is 0 Å². The van der Waals surface area contributed by atoms with E-state index in [1.54, 1.807) is 0 Å². The fraction of sp³-hybridized carbons (Fsp3) is 0.231. The highest BCUT2D eigenvalue weighted by molar-refractivity contribution is 9.10. The molecule has 3 aromatic carbocycles. The number of halogens is 1. The molecule has 4 aromatic rings. The van der Waals surface area contributed by atoms with Crippen molar-refractivity contribution in [2.24, 2.45) is 0 Å². The first kappa shape index (κ1) is 20.8. The zero-order valence-electron chi connectivity index (χ0n) is 18.1. The van der Waals surface area contributed by atoms with E-state index in [2.05, 4.69) is 57.2 Å². The molecule has 32 heavy (non-hydrogen) atoms. The first-order valence-electron chi connectivity index (χ1n) is 10.7. The molecule has 1 fully saturated rings. The summed E-state index contributed by atoms with van der Waals surface area (Å²) in [5, 5.41) is 0. The van der Waals surface area contributed by atoms with Crippen LogP contribution in [-0.2, 0) is 0 Å². The Bertz CT molecular complexity index is 1280. The number of carbonyl (C=O) groups is 1. The zero-order valence-corrected chi connectivity index (χ0v) is 19.7. The molecule has 0 saturated carbocycles. The van der Waals surface area contributed by atoms with E-state index >= 15 is 0 Å². The molecule has 1 amide bonds. The minimum absolute atomic E-state index is 0.0118. The molecular formula is C26H24BrN3O2. The number of nitrogens with zero attached hydrogens (tertiary/aromatic N) is 3. The average molecular weight is 490 g/mol. The minimum Gasteiger partial charge on any atom is -0.438 e. The highest BCUT2D eigenvalue weighted by atomic mass is 79.9. The van der Waals surface area contributed by atoms with Crippen LogP contribution >= 0.6 is 15.9 Å². The number of hydrogen-bond donors (Lipinski definition) is 0. The van der Waals surface area contributed by atoms with Crippen LogP contribution in [-0.4, -0.2) is 36.4 Å². The van der Waals surface area contributed by atoms with Crippen LogP contribution in [0, 0.1) is 0 Å². The molecule has 5 nitrogen and oxygen atoms in total. The summed E-state index contributed by atoms with van der Waals surface area (Å²) in [6.07, 6.45) is 1.79. The van der Waals surface area contributed by atoms with Crippen molar-refractivity contribution in [2.45, 2.75) is 18.9 Å². The Morgan fingerprint density at radius 2 is 1.84 bits per heavy atom. The Balaban J connectivity index is 1.43. The molecule has 1 aliphatic rings. The van der Waals surface area contributed by atoms with Crippen molar-refractivity contribution in [3.63, 3.8) is 0 Å². The Kier molecular flexibility index (Phi) is 5.47. The average Bonchev–Trinajstić information content (AvgIpc) is 3.45. The van der Waals surface area contributed by atoms with Crippen molar-refractivity contribution >= 4 is 38.6 Å². The lowest BCUT2D eigenvalue weighted by atomic mass is 10.0. The van der Waals surface area contributed by atoms with Crippen LogP contribution < -0.4 is 4.90 Å². The number of amides is 1. The molecule has 6 heteroatoms. The highest BCUT2D eigenvalue weighted by Gasteiger charge is 2.34. The van der Waals surface area contributed by atoms with Gasteiger partial charge in [0.25, 0.3) is 5.91 Å². The number of hydrogen-bond acceptors (Lipinski definition) is 4. The third-order valence-corrected chi connectivity index (χ3v) is 6.48. The van der Waals surface area contributed by atoms with Crippen LogP contribution in [0.5, 0.6) is 0 Å². The summed E-state index contributed by atoms with van der Waals surface area (Å²) in [5.74, 6) is 0.624. The summed E-state index contributed by atoms with van der Waals surface area (Å²) >= 11 is 3.46. The van der Waals surface area contributed by atoms with E-state index in [0.717, 1.165) is 45.2 Å². The number of carbonyl (C=O) groups excluding carboxylic acids is 1. The largest absolute Gasteiger partial charge is 0.438 e. The lowest BCUT2D eigenvalue weighted by molar-refractivity contribution is 0.0717. The fourth-order valence-electron chi connectivity index (χ4n) is 4.27. The maximum Gasteiger partial charge on any atom is 0.254 e. The van der Waals surface area contributed by atoms with E-state index in [1.165, 1.54) is 0 Å². The number of fused-ring (bicyclic) bond motifs is 1. The van der Waals surface area contributed by atoms with Crippen LogP contribution in [0.4, 0.5) is 5.69 Å². The van der Waals surface area contributed by atoms with Gasteiger partial charge in [0.1, 0.15) is 11.6 Å². The van der Waals surface area contributed by atoms with Gasteiger partial charge in [-0.3, -0.25) is 4.79 Å². The second-order valence-corrected chi connectivity index (χ2v) is 9.26. The summed E-state index contributed by atoms with van der Waals surface area (Å²) in [7, 11) is 4.07. The molecule has 1 aliphatic heterocycles. The predicted molar refractivity (Wildman–Crippen MR) is 131 cm³/mol. The van der Waals surface area contributed by atoms with Gasteiger partial charge < -0.3 is 14.2 Å². The first-order chi connectivity index (χ1) is 15.5. The molecule has 5 rings (SSSR count). The van der Waals surface area contributed by atoms with Gasteiger partial charge in [-0.1, -0.05) is 40.2 Å². The highest BCUT2D eigenvalue weighted by Crippen LogP contribution is 2.35. The number of likely N-dealkylation sites (tertiary alicyclic amines) is 1. The van der Waals surface area contributed by atoms with Gasteiger partial charge >= 0.3 is 0 Å². The van der Waals surface area contributed by atoms with Crippen molar-refractivity contribution in [3.8, 4) is 11.1 Å². The van der Waals surface area contributed by atoms with Gasteiger partial charge in [-0.25, -0.2) is 4.98 Å². The molecule has 1 atom stereocenters. The van der Waals surface area contributed by atoms with Crippen molar-refractivity contribution in [3.05, 3.63) is 82.7 Å². The fourth-order valence-corrected chi connectivity index (χ4v) is 4.67. The summed E-state index contributed by atoms with van der Waals surface area (Å²) in [6.45, 7) is 0.707. The van der Waals surface area contributed by atoms with E-state index in [4.69, 9.17) is 9.40 Å². The monoisotopic (exact) mass is 489 g/mol. The molecule has 2 heterocycles. The minimum atomic E-state index is -0.142. The van der Waals surface area contributed by atoms with Gasteiger partial charge in [-0.15, -0.1) is 0 Å².